The maximum atomic E-state index is 10.8. The quantitative estimate of drug-likeness (QED) is 0.590. The summed E-state index contributed by atoms with van der Waals surface area (Å²) >= 11 is 3.20. The Bertz CT molecular complexity index is 361. The van der Waals surface area contributed by atoms with Crippen LogP contribution in [0.2, 0.25) is 0 Å². The molecule has 0 bridgehead atoms. The predicted molar refractivity (Wildman–Crippen MR) is 52.8 cm³/mol. The van der Waals surface area contributed by atoms with E-state index in [4.69, 9.17) is 0 Å². The van der Waals surface area contributed by atoms with Gasteiger partial charge >= 0.3 is 0 Å². The number of rotatable bonds is 2. The van der Waals surface area contributed by atoms with Crippen molar-refractivity contribution in [2.24, 2.45) is 0 Å². The van der Waals surface area contributed by atoms with Gasteiger partial charge in [0, 0.05) is 5.56 Å². The maximum absolute atomic E-state index is 10.8. The van der Waals surface area contributed by atoms with Gasteiger partial charge < -0.3 is 0 Å². The zero-order valence-electron chi connectivity index (χ0n) is 6.87. The van der Waals surface area contributed by atoms with E-state index in [9.17, 15) is 10.1 Å². The molecule has 1 aromatic carbocycles. The molecule has 0 aliphatic heterocycles. The number of hydrogen-bond donors (Lipinski definition) is 0. The maximum Gasteiger partial charge on any atom is 0.286 e. The fourth-order valence-electron chi connectivity index (χ4n) is 1.45. The molecule has 1 aromatic rings. The molecule has 0 unspecified atom stereocenters. The van der Waals surface area contributed by atoms with Crippen molar-refractivity contribution in [1.82, 2.24) is 0 Å². The summed E-state index contributed by atoms with van der Waals surface area (Å²) < 4.78 is 0.585. The molecule has 0 N–H and O–H groups in total. The average molecular weight is 242 g/mol. The van der Waals surface area contributed by atoms with Crippen molar-refractivity contribution in [3.05, 3.63) is 38.3 Å². The normalized spacial score (nSPS) is 15.8. The Morgan fingerprint density at radius 3 is 2.69 bits per heavy atom. The summed E-state index contributed by atoms with van der Waals surface area (Å²) in [5.74, 6) is 0.415. The summed E-state index contributed by atoms with van der Waals surface area (Å²) in [6.45, 7) is 0. The van der Waals surface area contributed by atoms with E-state index >= 15 is 0 Å². The van der Waals surface area contributed by atoms with Crippen LogP contribution in [0.15, 0.2) is 22.7 Å². The third-order valence-corrected chi connectivity index (χ3v) is 2.86. The number of nitrogens with zero attached hydrogens (tertiary/aromatic N) is 1. The SMILES string of the molecule is O=[N+]([O-])c1c(Br)cccc1C1CC1. The van der Waals surface area contributed by atoms with E-state index in [1.54, 1.807) is 6.07 Å². The number of halogens is 1. The molecule has 13 heavy (non-hydrogen) atoms. The van der Waals surface area contributed by atoms with Crippen LogP contribution in [0.1, 0.15) is 24.3 Å². The highest BCUT2D eigenvalue weighted by Gasteiger charge is 2.31. The summed E-state index contributed by atoms with van der Waals surface area (Å²) in [4.78, 5) is 10.4. The lowest BCUT2D eigenvalue weighted by Gasteiger charge is -2.01. The minimum absolute atomic E-state index is 0.241. The van der Waals surface area contributed by atoms with Crippen molar-refractivity contribution >= 4 is 21.6 Å². The van der Waals surface area contributed by atoms with Crippen LogP contribution >= 0.6 is 15.9 Å². The molecule has 4 heteroatoms. The van der Waals surface area contributed by atoms with Crippen LogP contribution in [0.3, 0.4) is 0 Å². The van der Waals surface area contributed by atoms with Crippen molar-refractivity contribution in [3.8, 4) is 0 Å². The molecule has 0 saturated heterocycles. The van der Waals surface area contributed by atoms with Gasteiger partial charge in [-0.05, 0) is 40.8 Å². The fourth-order valence-corrected chi connectivity index (χ4v) is 1.97. The molecule has 2 rings (SSSR count). The Balaban J connectivity index is 2.53. The molecular formula is C9H8BrNO2. The van der Waals surface area contributed by atoms with Gasteiger partial charge in [0.25, 0.3) is 5.69 Å². The lowest BCUT2D eigenvalue weighted by molar-refractivity contribution is -0.386. The van der Waals surface area contributed by atoms with Crippen molar-refractivity contribution in [2.75, 3.05) is 0 Å². The number of benzene rings is 1. The molecule has 0 radical (unpaired) electrons. The molecule has 68 valence electrons. The molecule has 0 amide bonds. The number of para-hydroxylation sites is 1. The van der Waals surface area contributed by atoms with E-state index in [2.05, 4.69) is 15.9 Å². The minimum Gasteiger partial charge on any atom is -0.258 e. The van der Waals surface area contributed by atoms with Gasteiger partial charge in [0.2, 0.25) is 0 Å². The Labute approximate surface area is 84.0 Å². The molecule has 0 atom stereocenters. The zero-order chi connectivity index (χ0) is 9.42. The Morgan fingerprint density at radius 1 is 1.46 bits per heavy atom. The summed E-state index contributed by atoms with van der Waals surface area (Å²) in [5.41, 5.74) is 1.12. The molecule has 1 saturated carbocycles. The second-order valence-electron chi connectivity index (χ2n) is 3.21. The van der Waals surface area contributed by atoms with Crippen molar-refractivity contribution in [2.45, 2.75) is 18.8 Å². The first kappa shape index (κ1) is 8.69. The molecule has 0 heterocycles. The van der Waals surface area contributed by atoms with E-state index in [1.165, 1.54) is 0 Å². The first-order chi connectivity index (χ1) is 6.20. The molecule has 1 aliphatic rings. The van der Waals surface area contributed by atoms with Crippen LogP contribution in [-0.2, 0) is 0 Å². The summed E-state index contributed by atoms with van der Waals surface area (Å²) in [5, 5.41) is 10.8. The Kier molecular flexibility index (Phi) is 2.07. The molecule has 0 aromatic heterocycles. The van der Waals surface area contributed by atoms with Gasteiger partial charge in [-0.1, -0.05) is 12.1 Å². The highest BCUT2D eigenvalue weighted by atomic mass is 79.9. The molecule has 3 nitrogen and oxygen atoms in total. The van der Waals surface area contributed by atoms with Crippen LogP contribution in [0.5, 0.6) is 0 Å². The Hall–Kier alpha value is -0.900. The second kappa shape index (κ2) is 3.10. The van der Waals surface area contributed by atoms with Gasteiger partial charge in [-0.3, -0.25) is 10.1 Å². The largest absolute Gasteiger partial charge is 0.286 e. The van der Waals surface area contributed by atoms with Crippen molar-refractivity contribution < 1.29 is 4.92 Å². The highest BCUT2D eigenvalue weighted by Crippen LogP contribution is 2.45. The zero-order valence-corrected chi connectivity index (χ0v) is 8.45. The fraction of sp³-hybridized carbons (Fsp3) is 0.333. The Morgan fingerprint density at radius 2 is 2.15 bits per heavy atom. The van der Waals surface area contributed by atoms with Crippen LogP contribution < -0.4 is 0 Å². The van der Waals surface area contributed by atoms with Crippen LogP contribution in [-0.4, -0.2) is 4.92 Å². The third kappa shape index (κ3) is 1.58. The number of hydrogen-bond acceptors (Lipinski definition) is 2. The number of nitro groups is 1. The topological polar surface area (TPSA) is 43.1 Å². The standard InChI is InChI=1S/C9H8BrNO2/c10-8-3-1-2-7(6-4-5-6)9(8)11(12)13/h1-3,6H,4-5H2. The van der Waals surface area contributed by atoms with Gasteiger partial charge in [0.15, 0.2) is 0 Å². The van der Waals surface area contributed by atoms with E-state index in [-0.39, 0.29) is 10.6 Å². The second-order valence-corrected chi connectivity index (χ2v) is 4.06. The first-order valence-corrected chi connectivity index (χ1v) is 4.92. The van der Waals surface area contributed by atoms with Gasteiger partial charge in [-0.15, -0.1) is 0 Å². The van der Waals surface area contributed by atoms with E-state index in [0.29, 0.717) is 10.4 Å². The van der Waals surface area contributed by atoms with Crippen LogP contribution in [0.4, 0.5) is 5.69 Å². The van der Waals surface area contributed by atoms with Gasteiger partial charge in [-0.2, -0.15) is 0 Å². The molecule has 0 spiro atoms. The lowest BCUT2D eigenvalue weighted by Crippen LogP contribution is -1.94. The van der Waals surface area contributed by atoms with E-state index in [1.807, 2.05) is 12.1 Å². The molecule has 1 fully saturated rings. The van der Waals surface area contributed by atoms with E-state index < -0.39 is 0 Å². The average Bonchev–Trinajstić information content (AvgIpc) is 2.85. The van der Waals surface area contributed by atoms with Crippen molar-refractivity contribution in [1.29, 1.82) is 0 Å². The van der Waals surface area contributed by atoms with Gasteiger partial charge in [0.1, 0.15) is 0 Å². The first-order valence-electron chi connectivity index (χ1n) is 4.13. The predicted octanol–water partition coefficient (Wildman–Crippen LogP) is 3.23. The van der Waals surface area contributed by atoms with Crippen LogP contribution in [0, 0.1) is 10.1 Å². The lowest BCUT2D eigenvalue weighted by atomic mass is 10.1. The third-order valence-electron chi connectivity index (χ3n) is 2.22. The van der Waals surface area contributed by atoms with Gasteiger partial charge in [0.05, 0.1) is 9.40 Å². The smallest absolute Gasteiger partial charge is 0.258 e. The molecular weight excluding hydrogens is 234 g/mol. The highest BCUT2D eigenvalue weighted by molar-refractivity contribution is 9.10. The van der Waals surface area contributed by atoms with Crippen LogP contribution in [0.25, 0.3) is 0 Å². The molecule has 1 aliphatic carbocycles. The minimum atomic E-state index is -0.308. The summed E-state index contributed by atoms with van der Waals surface area (Å²) in [6, 6.07) is 5.41. The monoisotopic (exact) mass is 241 g/mol. The summed E-state index contributed by atoms with van der Waals surface area (Å²) in [7, 11) is 0. The summed E-state index contributed by atoms with van der Waals surface area (Å²) in [6.07, 6.45) is 2.16. The van der Waals surface area contributed by atoms with Gasteiger partial charge in [-0.25, -0.2) is 0 Å². The van der Waals surface area contributed by atoms with E-state index in [0.717, 1.165) is 18.4 Å². The number of nitro benzene ring substituents is 1. The van der Waals surface area contributed by atoms with Crippen molar-refractivity contribution in [3.63, 3.8) is 0 Å².